The number of rotatable bonds is 3. The molecular formula is C6H7ClFN2O3P. The Balaban J connectivity index is 2.73. The van der Waals surface area contributed by atoms with E-state index >= 15 is 0 Å². The largest absolute Gasteiger partial charge is 0.417 e. The monoisotopic (exact) mass is 240 g/mol. The summed E-state index contributed by atoms with van der Waals surface area (Å²) in [5, 5.41) is 1.83. The molecule has 78 valence electrons. The molecule has 0 aliphatic heterocycles. The van der Waals surface area contributed by atoms with Gasteiger partial charge in [0, 0.05) is 5.02 Å². The molecule has 0 aliphatic rings. The van der Waals surface area contributed by atoms with Crippen LogP contribution in [0.5, 0.6) is 0 Å². The van der Waals surface area contributed by atoms with Gasteiger partial charge in [-0.1, -0.05) is 11.6 Å². The summed E-state index contributed by atoms with van der Waals surface area (Å²) in [5.41, 5.74) is 1.93. The summed E-state index contributed by atoms with van der Waals surface area (Å²) in [7, 11) is -4.42. The van der Waals surface area contributed by atoms with Crippen molar-refractivity contribution in [2.24, 2.45) is 0 Å². The van der Waals surface area contributed by atoms with Gasteiger partial charge in [0.15, 0.2) is 0 Å². The third-order valence-corrected chi connectivity index (χ3v) is 1.91. The first-order valence-electron chi connectivity index (χ1n) is 3.42. The van der Waals surface area contributed by atoms with Crippen LogP contribution < -0.4 is 10.6 Å². The Morgan fingerprint density at radius 3 is 2.57 bits per heavy atom. The second kappa shape index (κ2) is 4.25. The maximum Gasteiger partial charge on any atom is 0.417 e. The fourth-order valence-electron chi connectivity index (χ4n) is 0.724. The lowest BCUT2D eigenvalue weighted by molar-refractivity contribution is 0.362. The zero-order valence-corrected chi connectivity index (χ0v) is 8.39. The number of hydrogen-bond acceptors (Lipinski definition) is 2. The summed E-state index contributed by atoms with van der Waals surface area (Å²) in [5.74, 6) is -0.710. The molecular weight excluding hydrogens is 234 g/mol. The van der Waals surface area contributed by atoms with E-state index in [4.69, 9.17) is 21.4 Å². The lowest BCUT2D eigenvalue weighted by Crippen LogP contribution is -2.18. The third-order valence-electron chi connectivity index (χ3n) is 1.27. The summed E-state index contributed by atoms with van der Waals surface area (Å²) in [6, 6.07) is 3.65. The summed E-state index contributed by atoms with van der Waals surface area (Å²) in [4.78, 5) is 16.8. The minimum Gasteiger partial charge on any atom is -0.311 e. The van der Waals surface area contributed by atoms with E-state index in [1.165, 1.54) is 12.1 Å². The molecule has 0 bridgehead atoms. The van der Waals surface area contributed by atoms with E-state index in [0.717, 1.165) is 6.07 Å². The third kappa shape index (κ3) is 3.61. The molecule has 0 saturated carbocycles. The molecule has 4 N–H and O–H groups in total. The van der Waals surface area contributed by atoms with E-state index < -0.39 is 13.6 Å². The Bertz CT molecular complexity index is 383. The van der Waals surface area contributed by atoms with Crippen molar-refractivity contribution in [3.05, 3.63) is 29.0 Å². The van der Waals surface area contributed by atoms with E-state index in [0.29, 0.717) is 0 Å². The Morgan fingerprint density at radius 2 is 2.07 bits per heavy atom. The van der Waals surface area contributed by atoms with Crippen molar-refractivity contribution in [3.63, 3.8) is 0 Å². The highest BCUT2D eigenvalue weighted by Crippen LogP contribution is 2.28. The molecule has 1 aromatic carbocycles. The molecule has 0 aliphatic carbocycles. The molecule has 8 heteroatoms. The number of halogens is 2. The molecule has 0 fully saturated rings. The number of anilines is 1. The average molecular weight is 241 g/mol. The Hall–Kier alpha value is -0.650. The first-order chi connectivity index (χ1) is 6.38. The van der Waals surface area contributed by atoms with Gasteiger partial charge in [0.25, 0.3) is 0 Å². The molecule has 0 atom stereocenters. The van der Waals surface area contributed by atoms with Crippen LogP contribution in [0.15, 0.2) is 18.2 Å². The predicted molar refractivity (Wildman–Crippen MR) is 50.2 cm³/mol. The average Bonchev–Trinajstić information content (AvgIpc) is 2.00. The van der Waals surface area contributed by atoms with Crippen molar-refractivity contribution >= 4 is 25.0 Å². The summed E-state index contributed by atoms with van der Waals surface area (Å²) in [6.45, 7) is 0. The van der Waals surface area contributed by atoms with Crippen molar-refractivity contribution < 1.29 is 18.7 Å². The zero-order chi connectivity index (χ0) is 10.8. The van der Waals surface area contributed by atoms with Crippen molar-refractivity contribution in [3.8, 4) is 0 Å². The first kappa shape index (κ1) is 11.4. The Morgan fingerprint density at radius 1 is 1.43 bits per heavy atom. The molecule has 0 aromatic heterocycles. The molecule has 14 heavy (non-hydrogen) atoms. The minimum absolute atomic E-state index is 0.0993. The normalized spacial score (nSPS) is 11.4. The van der Waals surface area contributed by atoms with Gasteiger partial charge in [-0.3, -0.25) is 0 Å². The van der Waals surface area contributed by atoms with Gasteiger partial charge < -0.3 is 15.2 Å². The quantitative estimate of drug-likeness (QED) is 0.475. The van der Waals surface area contributed by atoms with Gasteiger partial charge in [-0.15, -0.1) is 5.20 Å². The van der Waals surface area contributed by atoms with Gasteiger partial charge in [0.2, 0.25) is 0 Å². The van der Waals surface area contributed by atoms with E-state index in [-0.39, 0.29) is 10.7 Å². The van der Waals surface area contributed by atoms with Crippen LogP contribution in [0, 0.1) is 5.82 Å². The molecule has 0 spiro atoms. The topological polar surface area (TPSA) is 81.6 Å². The molecule has 1 rings (SSSR count). The molecule has 0 unspecified atom stereocenters. The van der Waals surface area contributed by atoms with Crippen LogP contribution in [0.3, 0.4) is 0 Å². The number of hydrogen-bond donors (Lipinski definition) is 4. The van der Waals surface area contributed by atoms with Crippen LogP contribution in [0.2, 0.25) is 5.02 Å². The highest BCUT2D eigenvalue weighted by molar-refractivity contribution is 7.49. The Labute approximate surface area is 84.1 Å². The van der Waals surface area contributed by atoms with Gasteiger partial charge in [-0.05, 0) is 18.2 Å². The molecule has 0 amide bonds. The number of hydrazine groups is 1. The van der Waals surface area contributed by atoms with Crippen LogP contribution in [0.1, 0.15) is 0 Å². The van der Waals surface area contributed by atoms with Crippen LogP contribution in [-0.4, -0.2) is 9.79 Å². The molecule has 1 aromatic rings. The van der Waals surface area contributed by atoms with Gasteiger partial charge in [-0.2, -0.15) is 0 Å². The van der Waals surface area contributed by atoms with Crippen molar-refractivity contribution in [1.82, 2.24) is 5.20 Å². The predicted octanol–water partition coefficient (Wildman–Crippen LogP) is 1.49. The van der Waals surface area contributed by atoms with Gasteiger partial charge >= 0.3 is 7.75 Å². The fraction of sp³-hybridized carbons (Fsp3) is 0. The lowest BCUT2D eigenvalue weighted by atomic mass is 10.3. The van der Waals surface area contributed by atoms with Crippen LogP contribution in [0.4, 0.5) is 10.1 Å². The van der Waals surface area contributed by atoms with E-state index in [1.54, 1.807) is 5.20 Å². The minimum atomic E-state index is -4.42. The summed E-state index contributed by atoms with van der Waals surface area (Å²) < 4.78 is 23.3. The van der Waals surface area contributed by atoms with Gasteiger partial charge in [0.05, 0.1) is 5.69 Å². The van der Waals surface area contributed by atoms with Gasteiger partial charge in [-0.25, -0.2) is 8.96 Å². The van der Waals surface area contributed by atoms with Crippen LogP contribution >= 0.6 is 19.3 Å². The maximum atomic E-state index is 13.0. The highest BCUT2D eigenvalue weighted by atomic mass is 35.5. The number of nitrogens with one attached hydrogen (secondary N) is 2. The van der Waals surface area contributed by atoms with Crippen molar-refractivity contribution in [2.45, 2.75) is 0 Å². The molecule has 0 radical (unpaired) electrons. The molecule has 5 nitrogen and oxygen atoms in total. The molecule has 0 saturated heterocycles. The lowest BCUT2D eigenvalue weighted by Gasteiger charge is -2.09. The molecule has 0 heterocycles. The van der Waals surface area contributed by atoms with Crippen molar-refractivity contribution in [1.29, 1.82) is 0 Å². The van der Waals surface area contributed by atoms with E-state index in [9.17, 15) is 8.96 Å². The smallest absolute Gasteiger partial charge is 0.311 e. The van der Waals surface area contributed by atoms with Crippen LogP contribution in [0.25, 0.3) is 0 Å². The first-order valence-corrected chi connectivity index (χ1v) is 5.41. The zero-order valence-electron chi connectivity index (χ0n) is 6.74. The van der Waals surface area contributed by atoms with Gasteiger partial charge in [0.1, 0.15) is 5.82 Å². The second-order valence-corrected chi connectivity index (χ2v) is 4.15. The SMILES string of the molecule is O=P(O)(O)NNc1ccc(Cl)cc1F. The Kier molecular flexibility index (Phi) is 3.47. The summed E-state index contributed by atoms with van der Waals surface area (Å²) >= 11 is 5.47. The standard InChI is InChI=1S/C6H7ClFN2O3P/c7-4-1-2-6(5(8)3-4)9-10-14(11,12)13/h1-3,9H,(H3,10,11,12,13). The fourth-order valence-corrected chi connectivity index (χ4v) is 1.15. The number of benzene rings is 1. The van der Waals surface area contributed by atoms with Crippen molar-refractivity contribution in [2.75, 3.05) is 5.43 Å². The van der Waals surface area contributed by atoms with Crippen LogP contribution in [-0.2, 0) is 4.57 Å². The second-order valence-electron chi connectivity index (χ2n) is 2.41. The van der Waals surface area contributed by atoms with E-state index in [2.05, 4.69) is 0 Å². The summed E-state index contributed by atoms with van der Waals surface area (Å²) in [6.07, 6.45) is 0. The maximum absolute atomic E-state index is 13.0. The van der Waals surface area contributed by atoms with E-state index in [1.807, 2.05) is 5.43 Å². The highest BCUT2D eigenvalue weighted by Gasteiger charge is 2.12.